The number of carbonyl (C=O) groups is 1. The molecule has 0 aromatic heterocycles. The van der Waals surface area contributed by atoms with Gasteiger partial charge in [-0.1, -0.05) is 13.3 Å². The van der Waals surface area contributed by atoms with Crippen LogP contribution in [0.25, 0.3) is 0 Å². The third-order valence-electron chi connectivity index (χ3n) is 5.29. The summed E-state index contributed by atoms with van der Waals surface area (Å²) in [6.45, 7) is 6.08. The number of likely N-dealkylation sites (N-methyl/N-ethyl adjacent to an activating group) is 1. The van der Waals surface area contributed by atoms with Gasteiger partial charge in [0.05, 0.1) is 19.8 Å². The molecule has 0 spiro atoms. The lowest BCUT2D eigenvalue weighted by molar-refractivity contribution is -0.150. The molecule has 3 unspecified atom stereocenters. The van der Waals surface area contributed by atoms with Crippen molar-refractivity contribution in [1.29, 1.82) is 0 Å². The van der Waals surface area contributed by atoms with Crippen LogP contribution in [-0.2, 0) is 14.3 Å². The molecule has 3 atom stereocenters. The Labute approximate surface area is 128 Å². The normalized spacial score (nSPS) is 34.0. The first kappa shape index (κ1) is 16.7. The van der Waals surface area contributed by atoms with E-state index in [-0.39, 0.29) is 5.97 Å². The Morgan fingerprint density at radius 1 is 1.52 bits per heavy atom. The van der Waals surface area contributed by atoms with Crippen molar-refractivity contribution >= 4 is 5.97 Å². The van der Waals surface area contributed by atoms with Crippen molar-refractivity contribution in [1.82, 2.24) is 10.2 Å². The van der Waals surface area contributed by atoms with E-state index in [0.717, 1.165) is 58.3 Å². The lowest BCUT2D eigenvalue weighted by Crippen LogP contribution is -2.54. The molecule has 5 nitrogen and oxygen atoms in total. The van der Waals surface area contributed by atoms with E-state index < -0.39 is 5.54 Å². The van der Waals surface area contributed by atoms with Gasteiger partial charge in [0.25, 0.3) is 0 Å². The van der Waals surface area contributed by atoms with Gasteiger partial charge in [-0.2, -0.15) is 0 Å². The summed E-state index contributed by atoms with van der Waals surface area (Å²) < 4.78 is 10.8. The van der Waals surface area contributed by atoms with E-state index in [9.17, 15) is 4.79 Å². The van der Waals surface area contributed by atoms with E-state index in [1.54, 1.807) is 0 Å². The van der Waals surface area contributed by atoms with Crippen molar-refractivity contribution < 1.29 is 14.3 Å². The van der Waals surface area contributed by atoms with Crippen molar-refractivity contribution in [3.8, 4) is 0 Å². The molecule has 0 aromatic rings. The number of ether oxygens (including phenoxy) is 2. The highest BCUT2D eigenvalue weighted by Gasteiger charge is 2.48. The third kappa shape index (κ3) is 3.58. The number of esters is 1. The molecular formula is C16H30N2O3. The second kappa shape index (κ2) is 7.56. The second-order valence-electron chi connectivity index (χ2n) is 6.29. The number of nitrogens with one attached hydrogen (secondary N) is 1. The molecule has 1 saturated carbocycles. The molecule has 0 bridgehead atoms. The fraction of sp³-hybridized carbons (Fsp3) is 0.938. The summed E-state index contributed by atoms with van der Waals surface area (Å²) in [6, 6.07) is 0. The van der Waals surface area contributed by atoms with Gasteiger partial charge in [-0.05, 0) is 45.2 Å². The molecule has 2 rings (SSSR count). The standard InChI is InChI=1S/C16H30N2O3/c1-4-14-12-18(10-11-21-14)9-7-13-6-5-8-16(13,17-2)15(19)20-3/h13-14,17H,4-12H2,1-3H3. The molecule has 1 aliphatic heterocycles. The Morgan fingerprint density at radius 3 is 3.00 bits per heavy atom. The predicted molar refractivity (Wildman–Crippen MR) is 82.2 cm³/mol. The Hall–Kier alpha value is -0.650. The number of nitrogens with zero attached hydrogens (tertiary/aromatic N) is 1. The van der Waals surface area contributed by atoms with Gasteiger partial charge in [0, 0.05) is 13.1 Å². The van der Waals surface area contributed by atoms with Crippen LogP contribution in [0.1, 0.15) is 39.0 Å². The largest absolute Gasteiger partial charge is 0.468 e. The van der Waals surface area contributed by atoms with Crippen molar-refractivity contribution in [2.24, 2.45) is 5.92 Å². The van der Waals surface area contributed by atoms with Crippen molar-refractivity contribution in [2.75, 3.05) is 40.4 Å². The Kier molecular flexibility index (Phi) is 6.02. The quantitative estimate of drug-likeness (QED) is 0.752. The first-order chi connectivity index (χ1) is 10.2. The molecule has 2 aliphatic rings. The smallest absolute Gasteiger partial charge is 0.326 e. The van der Waals surface area contributed by atoms with Crippen LogP contribution in [-0.4, -0.2) is 62.9 Å². The molecule has 0 amide bonds. The van der Waals surface area contributed by atoms with Crippen LogP contribution < -0.4 is 5.32 Å². The first-order valence-corrected chi connectivity index (χ1v) is 8.27. The van der Waals surface area contributed by atoms with E-state index >= 15 is 0 Å². The summed E-state index contributed by atoms with van der Waals surface area (Å²) in [5, 5.41) is 3.27. The van der Waals surface area contributed by atoms with Crippen LogP contribution >= 0.6 is 0 Å². The van der Waals surface area contributed by atoms with Gasteiger partial charge in [-0.25, -0.2) is 0 Å². The summed E-state index contributed by atoms with van der Waals surface area (Å²) in [7, 11) is 3.38. The van der Waals surface area contributed by atoms with Crippen molar-refractivity contribution in [3.05, 3.63) is 0 Å². The van der Waals surface area contributed by atoms with Gasteiger partial charge in [-0.3, -0.25) is 9.69 Å². The van der Waals surface area contributed by atoms with Crippen LogP contribution in [0.5, 0.6) is 0 Å². The SMILES string of the molecule is CCC1CN(CCC2CCCC2(NC)C(=O)OC)CCO1. The average molecular weight is 298 g/mol. The van der Waals surface area contributed by atoms with Crippen LogP contribution in [0.15, 0.2) is 0 Å². The Bertz CT molecular complexity index is 350. The van der Waals surface area contributed by atoms with Gasteiger partial charge in [0.1, 0.15) is 5.54 Å². The van der Waals surface area contributed by atoms with Crippen LogP contribution in [0.2, 0.25) is 0 Å². The molecule has 1 aliphatic carbocycles. The van der Waals surface area contributed by atoms with Gasteiger partial charge >= 0.3 is 5.97 Å². The van der Waals surface area contributed by atoms with E-state index in [0.29, 0.717) is 12.0 Å². The number of methoxy groups -OCH3 is 1. The summed E-state index contributed by atoms with van der Waals surface area (Å²) in [4.78, 5) is 14.7. The number of carbonyl (C=O) groups excluding carboxylic acids is 1. The van der Waals surface area contributed by atoms with E-state index in [2.05, 4.69) is 17.1 Å². The topological polar surface area (TPSA) is 50.8 Å². The Morgan fingerprint density at radius 2 is 2.33 bits per heavy atom. The molecule has 5 heteroatoms. The van der Waals surface area contributed by atoms with Gasteiger partial charge < -0.3 is 14.8 Å². The number of rotatable bonds is 6. The maximum Gasteiger partial charge on any atom is 0.326 e. The maximum absolute atomic E-state index is 12.2. The minimum atomic E-state index is -0.467. The summed E-state index contributed by atoms with van der Waals surface area (Å²) in [5.74, 6) is 0.277. The van der Waals surface area contributed by atoms with Gasteiger partial charge in [-0.15, -0.1) is 0 Å². The van der Waals surface area contributed by atoms with E-state index in [1.807, 2.05) is 7.05 Å². The average Bonchev–Trinajstić information content (AvgIpc) is 2.96. The Balaban J connectivity index is 1.90. The number of hydrogen-bond donors (Lipinski definition) is 1. The lowest BCUT2D eigenvalue weighted by Gasteiger charge is -2.36. The molecule has 1 saturated heterocycles. The minimum Gasteiger partial charge on any atom is -0.468 e. The molecular weight excluding hydrogens is 268 g/mol. The molecule has 21 heavy (non-hydrogen) atoms. The molecule has 0 aromatic carbocycles. The molecule has 122 valence electrons. The van der Waals surface area contributed by atoms with Gasteiger partial charge in [0.15, 0.2) is 0 Å². The predicted octanol–water partition coefficient (Wildman–Crippen LogP) is 1.42. The maximum atomic E-state index is 12.2. The molecule has 2 fully saturated rings. The van der Waals surface area contributed by atoms with Crippen molar-refractivity contribution in [2.45, 2.75) is 50.7 Å². The third-order valence-corrected chi connectivity index (χ3v) is 5.29. The highest BCUT2D eigenvalue weighted by atomic mass is 16.5. The van der Waals surface area contributed by atoms with E-state index in [4.69, 9.17) is 9.47 Å². The van der Waals surface area contributed by atoms with Gasteiger partial charge in [0.2, 0.25) is 0 Å². The second-order valence-corrected chi connectivity index (χ2v) is 6.29. The van der Waals surface area contributed by atoms with Crippen LogP contribution in [0.3, 0.4) is 0 Å². The van der Waals surface area contributed by atoms with E-state index in [1.165, 1.54) is 7.11 Å². The molecule has 1 heterocycles. The highest BCUT2D eigenvalue weighted by molar-refractivity contribution is 5.81. The summed E-state index contributed by atoms with van der Waals surface area (Å²) in [5.41, 5.74) is -0.467. The first-order valence-electron chi connectivity index (χ1n) is 8.27. The fourth-order valence-electron chi connectivity index (χ4n) is 3.92. The van der Waals surface area contributed by atoms with Crippen LogP contribution in [0.4, 0.5) is 0 Å². The summed E-state index contributed by atoms with van der Waals surface area (Å²) >= 11 is 0. The number of morpholine rings is 1. The zero-order valence-corrected chi connectivity index (χ0v) is 13.7. The van der Waals surface area contributed by atoms with Crippen LogP contribution in [0, 0.1) is 5.92 Å². The zero-order valence-electron chi connectivity index (χ0n) is 13.7. The highest BCUT2D eigenvalue weighted by Crippen LogP contribution is 2.38. The number of hydrogen-bond acceptors (Lipinski definition) is 5. The monoisotopic (exact) mass is 298 g/mol. The molecule has 0 radical (unpaired) electrons. The minimum absolute atomic E-state index is 0.0964. The zero-order chi connectivity index (χ0) is 15.3. The molecule has 1 N–H and O–H groups in total. The lowest BCUT2D eigenvalue weighted by atomic mass is 9.84. The summed E-state index contributed by atoms with van der Waals surface area (Å²) in [6.07, 6.45) is 5.59. The fourth-order valence-corrected chi connectivity index (χ4v) is 3.92. The van der Waals surface area contributed by atoms with Crippen molar-refractivity contribution in [3.63, 3.8) is 0 Å².